The minimum absolute atomic E-state index is 0.0997. The molecule has 1 atom stereocenters. The van der Waals surface area contributed by atoms with Crippen LogP contribution in [0.15, 0.2) is 66.7 Å². The van der Waals surface area contributed by atoms with Gasteiger partial charge in [0, 0.05) is 24.0 Å². The molecule has 3 N–H and O–H groups in total. The van der Waals surface area contributed by atoms with Gasteiger partial charge in [-0.2, -0.15) is 0 Å². The lowest BCUT2D eigenvalue weighted by molar-refractivity contribution is -0.658. The molecule has 4 aromatic rings. The first-order valence-corrected chi connectivity index (χ1v) is 10.9. The van der Waals surface area contributed by atoms with Crippen molar-refractivity contribution in [1.29, 1.82) is 0 Å². The molecule has 1 aliphatic rings. The first kappa shape index (κ1) is 20.2. The Hall–Kier alpha value is -3.70. The zero-order chi connectivity index (χ0) is 22.2. The lowest BCUT2D eigenvalue weighted by Crippen LogP contribution is -2.88. The standard InChI is InChI=1S/C27H23NO4/c1-16(29)21-15-18-8-3-5-10-20(18)25(26(21)30)24-19-9-4-2-7-17(19)12-13-23(24)32-27(31)22-11-6-14-28-22/h2-5,7-10,12-13,15,22,28,30H,6,11,14H2,1H3/p+1/t22-/m0/s1. The molecule has 4 aromatic carbocycles. The molecule has 0 saturated carbocycles. The highest BCUT2D eigenvalue weighted by Gasteiger charge is 2.30. The van der Waals surface area contributed by atoms with Gasteiger partial charge in [0.2, 0.25) is 0 Å². The molecule has 1 fully saturated rings. The Labute approximate surface area is 185 Å². The van der Waals surface area contributed by atoms with E-state index in [4.69, 9.17) is 4.74 Å². The second kappa shape index (κ2) is 8.09. The molecule has 1 aliphatic heterocycles. The summed E-state index contributed by atoms with van der Waals surface area (Å²) in [6.07, 6.45) is 1.77. The van der Waals surface area contributed by atoms with E-state index >= 15 is 0 Å². The number of phenolic OH excluding ortho intramolecular Hbond substituents is 1. The number of fused-ring (bicyclic) bond motifs is 2. The van der Waals surface area contributed by atoms with E-state index in [2.05, 4.69) is 0 Å². The van der Waals surface area contributed by atoms with Gasteiger partial charge in [-0.25, -0.2) is 4.79 Å². The number of Topliss-reactive ketones (excluding diaryl/α,β-unsaturated/α-hetero) is 1. The zero-order valence-corrected chi connectivity index (χ0v) is 17.8. The second-order valence-corrected chi connectivity index (χ2v) is 8.28. The fraction of sp³-hybridized carbons (Fsp3) is 0.185. The van der Waals surface area contributed by atoms with Gasteiger partial charge in [-0.1, -0.05) is 54.6 Å². The van der Waals surface area contributed by atoms with E-state index in [1.807, 2.05) is 59.9 Å². The topological polar surface area (TPSA) is 80.2 Å². The molecule has 5 rings (SSSR count). The highest BCUT2D eigenvalue weighted by molar-refractivity contribution is 6.14. The first-order chi connectivity index (χ1) is 15.5. The quantitative estimate of drug-likeness (QED) is 0.291. The Morgan fingerprint density at radius 1 is 0.938 bits per heavy atom. The molecule has 1 heterocycles. The summed E-state index contributed by atoms with van der Waals surface area (Å²) >= 11 is 0. The second-order valence-electron chi connectivity index (χ2n) is 8.28. The average molecular weight is 426 g/mol. The number of phenols is 1. The van der Waals surface area contributed by atoms with Gasteiger partial charge >= 0.3 is 5.97 Å². The van der Waals surface area contributed by atoms with Gasteiger partial charge in [-0.15, -0.1) is 0 Å². The minimum atomic E-state index is -0.287. The summed E-state index contributed by atoms with van der Waals surface area (Å²) in [6, 6.07) is 20.6. The molecule has 160 valence electrons. The lowest BCUT2D eigenvalue weighted by Gasteiger charge is -2.18. The molecule has 5 heteroatoms. The van der Waals surface area contributed by atoms with Crippen LogP contribution >= 0.6 is 0 Å². The number of ether oxygens (including phenoxy) is 1. The van der Waals surface area contributed by atoms with Gasteiger partial charge in [0.25, 0.3) is 0 Å². The van der Waals surface area contributed by atoms with Crippen LogP contribution in [0.1, 0.15) is 30.1 Å². The number of carbonyl (C=O) groups excluding carboxylic acids is 2. The summed E-state index contributed by atoms with van der Waals surface area (Å²) < 4.78 is 5.93. The molecular formula is C27H24NO4+. The SMILES string of the molecule is CC(=O)c1cc2ccccc2c(-c2c(OC(=O)[C@@H]3CCC[NH2+]3)ccc3ccccc23)c1O. The van der Waals surface area contributed by atoms with Crippen molar-refractivity contribution in [2.24, 2.45) is 0 Å². The molecule has 0 amide bonds. The molecule has 32 heavy (non-hydrogen) atoms. The number of esters is 1. The van der Waals surface area contributed by atoms with E-state index in [0.717, 1.165) is 40.9 Å². The number of carbonyl (C=O) groups is 2. The van der Waals surface area contributed by atoms with Crippen molar-refractivity contribution in [2.45, 2.75) is 25.8 Å². The number of hydrogen-bond acceptors (Lipinski definition) is 4. The van der Waals surface area contributed by atoms with Gasteiger partial charge in [0.15, 0.2) is 11.8 Å². The van der Waals surface area contributed by atoms with Gasteiger partial charge in [0.1, 0.15) is 11.5 Å². The molecule has 0 bridgehead atoms. The highest BCUT2D eigenvalue weighted by atomic mass is 16.5. The number of quaternary nitrogens is 1. The normalized spacial score (nSPS) is 15.8. The minimum Gasteiger partial charge on any atom is -0.507 e. The number of ketones is 1. The summed E-state index contributed by atoms with van der Waals surface area (Å²) in [7, 11) is 0. The molecule has 0 aliphatic carbocycles. The van der Waals surface area contributed by atoms with Crippen molar-refractivity contribution in [2.75, 3.05) is 6.54 Å². The maximum atomic E-state index is 12.9. The molecule has 5 nitrogen and oxygen atoms in total. The van der Waals surface area contributed by atoms with Crippen LogP contribution in [0.4, 0.5) is 0 Å². The largest absolute Gasteiger partial charge is 0.507 e. The van der Waals surface area contributed by atoms with Gasteiger partial charge < -0.3 is 15.2 Å². The van der Waals surface area contributed by atoms with Crippen molar-refractivity contribution in [1.82, 2.24) is 0 Å². The fourth-order valence-corrected chi connectivity index (χ4v) is 4.63. The third kappa shape index (κ3) is 3.41. The summed E-state index contributed by atoms with van der Waals surface area (Å²) in [5, 5.41) is 16.7. The highest BCUT2D eigenvalue weighted by Crippen LogP contribution is 2.46. The van der Waals surface area contributed by atoms with Crippen LogP contribution in [0, 0.1) is 0 Å². The number of hydrogen-bond donors (Lipinski definition) is 2. The Bertz CT molecular complexity index is 1370. The Balaban J connectivity index is 1.82. The van der Waals surface area contributed by atoms with Crippen molar-refractivity contribution in [3.8, 4) is 22.6 Å². The summed E-state index contributed by atoms with van der Waals surface area (Å²) in [5.41, 5.74) is 1.36. The van der Waals surface area contributed by atoms with Gasteiger partial charge in [0.05, 0.1) is 12.1 Å². The van der Waals surface area contributed by atoms with E-state index in [9.17, 15) is 14.7 Å². The van der Waals surface area contributed by atoms with Crippen LogP contribution in [0.5, 0.6) is 11.5 Å². The van der Waals surface area contributed by atoms with E-state index in [1.54, 1.807) is 12.1 Å². The van der Waals surface area contributed by atoms with E-state index in [0.29, 0.717) is 16.9 Å². The first-order valence-electron chi connectivity index (χ1n) is 10.9. The Morgan fingerprint density at radius 2 is 1.62 bits per heavy atom. The molecule has 0 radical (unpaired) electrons. The van der Waals surface area contributed by atoms with Crippen molar-refractivity contribution in [3.63, 3.8) is 0 Å². The predicted octanol–water partition coefficient (Wildman–Crippen LogP) is 4.20. The lowest BCUT2D eigenvalue weighted by atomic mass is 9.89. The van der Waals surface area contributed by atoms with E-state index in [1.165, 1.54) is 6.92 Å². The maximum absolute atomic E-state index is 12.9. The van der Waals surface area contributed by atoms with E-state index < -0.39 is 0 Å². The molecule has 0 spiro atoms. The number of nitrogens with two attached hydrogens (primary N) is 1. The number of benzene rings is 4. The Morgan fingerprint density at radius 3 is 2.31 bits per heavy atom. The molecule has 0 aromatic heterocycles. The summed E-state index contributed by atoms with van der Waals surface area (Å²) in [6.45, 7) is 2.35. The van der Waals surface area contributed by atoms with Crippen molar-refractivity contribution < 1.29 is 24.7 Å². The van der Waals surface area contributed by atoms with Crippen molar-refractivity contribution >= 4 is 33.3 Å². The number of aromatic hydroxyl groups is 1. The Kier molecular flexibility index (Phi) is 5.11. The van der Waals surface area contributed by atoms with Crippen LogP contribution in [-0.2, 0) is 4.79 Å². The van der Waals surface area contributed by atoms with Crippen LogP contribution in [-0.4, -0.2) is 29.4 Å². The monoisotopic (exact) mass is 426 g/mol. The van der Waals surface area contributed by atoms with Gasteiger partial charge in [-0.3, -0.25) is 4.79 Å². The van der Waals surface area contributed by atoms with Crippen LogP contribution < -0.4 is 10.1 Å². The molecular weight excluding hydrogens is 402 g/mol. The summed E-state index contributed by atoms with van der Waals surface area (Å²) in [4.78, 5) is 25.2. The molecule has 0 unspecified atom stereocenters. The van der Waals surface area contributed by atoms with E-state index in [-0.39, 0.29) is 29.1 Å². The third-order valence-corrected chi connectivity index (χ3v) is 6.23. The maximum Gasteiger partial charge on any atom is 0.370 e. The molecule has 1 saturated heterocycles. The smallest absolute Gasteiger partial charge is 0.370 e. The van der Waals surface area contributed by atoms with Crippen LogP contribution in [0.3, 0.4) is 0 Å². The van der Waals surface area contributed by atoms with Crippen LogP contribution in [0.2, 0.25) is 0 Å². The third-order valence-electron chi connectivity index (χ3n) is 6.23. The number of rotatable bonds is 4. The van der Waals surface area contributed by atoms with Gasteiger partial charge in [-0.05, 0) is 40.6 Å². The average Bonchev–Trinajstić information content (AvgIpc) is 3.34. The van der Waals surface area contributed by atoms with Crippen LogP contribution in [0.25, 0.3) is 32.7 Å². The van der Waals surface area contributed by atoms with Crippen molar-refractivity contribution in [3.05, 3.63) is 72.3 Å². The summed E-state index contributed by atoms with van der Waals surface area (Å²) in [5.74, 6) is -0.230. The fourth-order valence-electron chi connectivity index (χ4n) is 4.63. The predicted molar refractivity (Wildman–Crippen MR) is 124 cm³/mol. The zero-order valence-electron chi connectivity index (χ0n) is 17.8.